The Labute approximate surface area is 165 Å². The number of nitrogens with zero attached hydrogens (tertiary/aromatic N) is 1. The Bertz CT molecular complexity index is 791. The van der Waals surface area contributed by atoms with Gasteiger partial charge < -0.3 is 15.5 Å². The topological polar surface area (TPSA) is 61.4 Å². The molecule has 0 bridgehead atoms. The van der Waals surface area contributed by atoms with E-state index >= 15 is 0 Å². The second-order valence-electron chi connectivity index (χ2n) is 6.23. The first-order chi connectivity index (χ1) is 13.0. The highest BCUT2D eigenvalue weighted by Gasteiger charge is 2.14. The molecule has 0 aliphatic rings. The smallest absolute Gasteiger partial charge is 0.253 e. The summed E-state index contributed by atoms with van der Waals surface area (Å²) in [7, 11) is 0. The predicted octanol–water partition coefficient (Wildman–Crippen LogP) is 4.11. The molecule has 0 aromatic heterocycles. The molecule has 2 amide bonds. The van der Waals surface area contributed by atoms with Crippen molar-refractivity contribution in [2.45, 2.75) is 26.8 Å². The quantitative estimate of drug-likeness (QED) is 0.716. The molecule has 2 aromatic carbocycles. The summed E-state index contributed by atoms with van der Waals surface area (Å²) in [5.74, 6) is -0.220. The van der Waals surface area contributed by atoms with E-state index in [0.717, 1.165) is 5.56 Å². The molecular weight excluding hydrogens is 362 g/mol. The zero-order chi connectivity index (χ0) is 19.8. The van der Waals surface area contributed by atoms with E-state index in [1.807, 2.05) is 45.0 Å². The van der Waals surface area contributed by atoms with Gasteiger partial charge in [-0.3, -0.25) is 9.59 Å². The number of hydrogen-bond acceptors (Lipinski definition) is 3. The van der Waals surface area contributed by atoms with Crippen molar-refractivity contribution in [1.29, 1.82) is 0 Å². The highest BCUT2D eigenvalue weighted by Crippen LogP contribution is 2.21. The van der Waals surface area contributed by atoms with Crippen LogP contribution in [0.4, 0.5) is 5.69 Å². The lowest BCUT2D eigenvalue weighted by Gasteiger charge is -2.19. The third kappa shape index (κ3) is 5.81. The van der Waals surface area contributed by atoms with E-state index in [1.54, 1.807) is 29.2 Å². The molecule has 6 heteroatoms. The van der Waals surface area contributed by atoms with E-state index in [2.05, 4.69) is 10.6 Å². The third-order valence-corrected chi connectivity index (χ3v) is 4.73. The molecule has 0 saturated carbocycles. The molecule has 2 N–H and O–H groups in total. The first-order valence-corrected chi connectivity index (χ1v) is 9.51. The fourth-order valence-electron chi connectivity index (χ4n) is 2.81. The van der Waals surface area contributed by atoms with Crippen molar-refractivity contribution in [2.75, 3.05) is 25.0 Å². The number of hydrogen-bond donors (Lipinski definition) is 2. The normalized spacial score (nSPS) is 11.7. The van der Waals surface area contributed by atoms with Gasteiger partial charge in [-0.1, -0.05) is 35.9 Å². The highest BCUT2D eigenvalue weighted by atomic mass is 35.5. The highest BCUT2D eigenvalue weighted by molar-refractivity contribution is 6.31. The summed E-state index contributed by atoms with van der Waals surface area (Å²) in [4.78, 5) is 26.4. The van der Waals surface area contributed by atoms with Crippen molar-refractivity contribution < 1.29 is 9.59 Å². The van der Waals surface area contributed by atoms with E-state index in [4.69, 9.17) is 11.6 Å². The van der Waals surface area contributed by atoms with Gasteiger partial charge in [-0.2, -0.15) is 0 Å². The largest absolute Gasteiger partial charge is 0.339 e. The van der Waals surface area contributed by atoms with Gasteiger partial charge in [-0.25, -0.2) is 0 Å². The zero-order valence-corrected chi connectivity index (χ0v) is 16.7. The monoisotopic (exact) mass is 387 g/mol. The first-order valence-electron chi connectivity index (χ1n) is 9.13. The van der Waals surface area contributed by atoms with Crippen LogP contribution in [-0.2, 0) is 4.79 Å². The summed E-state index contributed by atoms with van der Waals surface area (Å²) in [6.45, 7) is 7.28. The van der Waals surface area contributed by atoms with Gasteiger partial charge >= 0.3 is 0 Å². The zero-order valence-electron chi connectivity index (χ0n) is 16.0. The number of carbonyl (C=O) groups excluding carboxylic acids is 2. The van der Waals surface area contributed by atoms with Crippen LogP contribution in [0.3, 0.4) is 0 Å². The van der Waals surface area contributed by atoms with Gasteiger partial charge in [0.2, 0.25) is 5.91 Å². The van der Waals surface area contributed by atoms with Crippen molar-refractivity contribution >= 4 is 29.1 Å². The van der Waals surface area contributed by atoms with Gasteiger partial charge in [0.1, 0.15) is 0 Å². The third-order valence-electron chi connectivity index (χ3n) is 4.38. The van der Waals surface area contributed by atoms with Crippen LogP contribution in [-0.4, -0.2) is 36.3 Å². The lowest BCUT2D eigenvalue weighted by Crippen LogP contribution is -2.31. The maximum Gasteiger partial charge on any atom is 0.253 e. The van der Waals surface area contributed by atoms with Crippen molar-refractivity contribution in [1.82, 2.24) is 10.2 Å². The van der Waals surface area contributed by atoms with Crippen LogP contribution in [0.25, 0.3) is 0 Å². The molecule has 0 spiro atoms. The first kappa shape index (κ1) is 20.9. The number of anilines is 1. The minimum absolute atomic E-state index is 0.0402. The van der Waals surface area contributed by atoms with Crippen LogP contribution in [0, 0.1) is 0 Å². The minimum atomic E-state index is -0.179. The Kier molecular flexibility index (Phi) is 7.82. The number of rotatable bonds is 8. The number of halogens is 1. The summed E-state index contributed by atoms with van der Waals surface area (Å²) in [5.41, 5.74) is 2.11. The van der Waals surface area contributed by atoms with Gasteiger partial charge in [-0.05, 0) is 50.6 Å². The van der Waals surface area contributed by atoms with Crippen LogP contribution >= 0.6 is 11.6 Å². The molecule has 0 heterocycles. The van der Waals surface area contributed by atoms with E-state index in [-0.39, 0.29) is 24.4 Å². The maximum absolute atomic E-state index is 12.4. The summed E-state index contributed by atoms with van der Waals surface area (Å²) in [6, 6.07) is 14.5. The van der Waals surface area contributed by atoms with Gasteiger partial charge in [0.15, 0.2) is 0 Å². The molecule has 5 nitrogen and oxygen atoms in total. The van der Waals surface area contributed by atoms with Crippen molar-refractivity contribution in [2.24, 2.45) is 0 Å². The summed E-state index contributed by atoms with van der Waals surface area (Å²) in [6.07, 6.45) is 0. The standard InChI is InChI=1S/C21H26ClN3O2/c1-4-25(5-2)21(27)16-9-8-10-17(13-16)24-20(26)14-23-15(3)18-11-6-7-12-19(18)22/h6-13,15,23H,4-5,14H2,1-3H3,(H,24,26)/t15-/m0/s1. The molecule has 2 aromatic rings. The second kappa shape index (κ2) is 10.1. The molecule has 1 atom stereocenters. The average Bonchev–Trinajstić information content (AvgIpc) is 2.67. The molecule has 144 valence electrons. The van der Waals surface area contributed by atoms with Crippen LogP contribution in [0.5, 0.6) is 0 Å². The number of nitrogens with one attached hydrogen (secondary N) is 2. The number of benzene rings is 2. The van der Waals surface area contributed by atoms with Crippen LogP contribution in [0.2, 0.25) is 5.02 Å². The van der Waals surface area contributed by atoms with Crippen LogP contribution < -0.4 is 10.6 Å². The molecule has 0 saturated heterocycles. The molecule has 0 radical (unpaired) electrons. The lowest BCUT2D eigenvalue weighted by atomic mass is 10.1. The average molecular weight is 388 g/mol. The number of carbonyl (C=O) groups is 2. The Hall–Kier alpha value is -2.37. The maximum atomic E-state index is 12.4. The van der Waals surface area contributed by atoms with E-state index in [9.17, 15) is 9.59 Å². The Morgan fingerprint density at radius 2 is 1.78 bits per heavy atom. The molecule has 0 aliphatic heterocycles. The molecule has 2 rings (SSSR count). The van der Waals surface area contributed by atoms with Crippen molar-refractivity contribution in [3.05, 3.63) is 64.7 Å². The van der Waals surface area contributed by atoms with Gasteiger partial charge in [0.05, 0.1) is 6.54 Å². The summed E-state index contributed by atoms with van der Waals surface area (Å²) >= 11 is 6.18. The van der Waals surface area contributed by atoms with Gasteiger partial charge in [-0.15, -0.1) is 0 Å². The predicted molar refractivity (Wildman–Crippen MR) is 110 cm³/mol. The van der Waals surface area contributed by atoms with Crippen LogP contribution in [0.1, 0.15) is 42.7 Å². The lowest BCUT2D eigenvalue weighted by molar-refractivity contribution is -0.115. The van der Waals surface area contributed by atoms with Crippen LogP contribution in [0.15, 0.2) is 48.5 Å². The van der Waals surface area contributed by atoms with Gasteiger partial charge in [0.25, 0.3) is 5.91 Å². The van der Waals surface area contributed by atoms with E-state index < -0.39 is 0 Å². The summed E-state index contributed by atoms with van der Waals surface area (Å²) < 4.78 is 0. The van der Waals surface area contributed by atoms with E-state index in [1.165, 1.54) is 0 Å². The SMILES string of the molecule is CCN(CC)C(=O)c1cccc(NC(=O)CN[C@@H](C)c2ccccc2Cl)c1. The Morgan fingerprint density at radius 1 is 1.07 bits per heavy atom. The summed E-state index contributed by atoms with van der Waals surface area (Å²) in [5, 5.41) is 6.66. The molecule has 0 aliphatic carbocycles. The molecule has 0 unspecified atom stereocenters. The Morgan fingerprint density at radius 3 is 2.44 bits per heavy atom. The Balaban J connectivity index is 1.95. The molecule has 0 fully saturated rings. The minimum Gasteiger partial charge on any atom is -0.339 e. The van der Waals surface area contributed by atoms with E-state index in [0.29, 0.717) is 29.4 Å². The van der Waals surface area contributed by atoms with Crippen molar-refractivity contribution in [3.8, 4) is 0 Å². The molecular formula is C21H26ClN3O2. The van der Waals surface area contributed by atoms with Crippen molar-refractivity contribution in [3.63, 3.8) is 0 Å². The number of amides is 2. The fraction of sp³-hybridized carbons (Fsp3) is 0.333. The fourth-order valence-corrected chi connectivity index (χ4v) is 3.11. The molecule has 27 heavy (non-hydrogen) atoms. The van der Waals surface area contributed by atoms with Gasteiger partial charge in [0, 0.05) is 35.4 Å². The second-order valence-corrected chi connectivity index (χ2v) is 6.64.